The summed E-state index contributed by atoms with van der Waals surface area (Å²) in [5.41, 5.74) is 3.80. The number of nitrogens with one attached hydrogen (secondary N) is 2. The maximum atomic E-state index is 13.2. The zero-order valence-electron chi connectivity index (χ0n) is 14.4. The van der Waals surface area contributed by atoms with Gasteiger partial charge in [-0.25, -0.2) is 0 Å². The van der Waals surface area contributed by atoms with Crippen LogP contribution in [0.15, 0.2) is 36.0 Å². The Balaban J connectivity index is 1.88. The molecule has 1 aliphatic heterocycles. The number of anilines is 1. The lowest BCUT2D eigenvalue weighted by Crippen LogP contribution is -2.51. The van der Waals surface area contributed by atoms with Crippen LogP contribution >= 0.6 is 11.3 Å². The number of carbonyl (C=O) groups excluding carboxylic acids is 2. The Kier molecular flexibility index (Phi) is 5.45. The number of fused-ring (bicyclic) bond motifs is 1. The van der Waals surface area contributed by atoms with Crippen molar-refractivity contribution in [3.63, 3.8) is 0 Å². The summed E-state index contributed by atoms with van der Waals surface area (Å²) in [5.74, 6) is -0.237. The smallest absolute Gasteiger partial charge is 0.249 e. The topological polar surface area (TPSA) is 74.3 Å². The van der Waals surface area contributed by atoms with Crippen LogP contribution in [-0.2, 0) is 22.6 Å². The van der Waals surface area contributed by atoms with Crippen LogP contribution < -0.4 is 15.5 Å². The molecule has 0 saturated heterocycles. The molecule has 2 unspecified atom stereocenters. The molecule has 2 aromatic rings. The molecule has 2 heterocycles. The Labute approximate surface area is 151 Å². The molecule has 7 heteroatoms. The first-order valence-corrected chi connectivity index (χ1v) is 9.22. The van der Waals surface area contributed by atoms with Crippen molar-refractivity contribution in [2.45, 2.75) is 38.4 Å². The van der Waals surface area contributed by atoms with E-state index in [1.54, 1.807) is 30.6 Å². The minimum Gasteiger partial charge on any atom is -0.343 e. The van der Waals surface area contributed by atoms with E-state index in [-0.39, 0.29) is 17.9 Å². The van der Waals surface area contributed by atoms with Gasteiger partial charge in [-0.2, -0.15) is 0 Å². The van der Waals surface area contributed by atoms with E-state index < -0.39 is 6.04 Å². The van der Waals surface area contributed by atoms with E-state index in [4.69, 9.17) is 0 Å². The maximum absolute atomic E-state index is 13.2. The Morgan fingerprint density at radius 1 is 1.44 bits per heavy atom. The normalized spacial score (nSPS) is 18.4. The van der Waals surface area contributed by atoms with Crippen molar-refractivity contribution in [2.24, 2.45) is 0 Å². The number of aryl methyl sites for hydroxylation is 1. The molecule has 0 bridgehead atoms. The first-order valence-electron chi connectivity index (χ1n) is 8.34. The van der Waals surface area contributed by atoms with E-state index >= 15 is 0 Å². The lowest BCUT2D eigenvalue weighted by atomic mass is 10.1. The predicted molar refractivity (Wildman–Crippen MR) is 98.5 cm³/mol. The van der Waals surface area contributed by atoms with Crippen molar-refractivity contribution in [1.82, 2.24) is 15.6 Å². The third kappa shape index (κ3) is 3.88. The summed E-state index contributed by atoms with van der Waals surface area (Å²) in [5, 5.41) is 5.80. The molecule has 25 heavy (non-hydrogen) atoms. The Morgan fingerprint density at radius 3 is 2.96 bits per heavy atom. The highest BCUT2D eigenvalue weighted by Gasteiger charge is 2.32. The van der Waals surface area contributed by atoms with Crippen molar-refractivity contribution in [2.75, 3.05) is 11.9 Å². The first-order chi connectivity index (χ1) is 12.1. The highest BCUT2D eigenvalue weighted by Crippen LogP contribution is 2.29. The van der Waals surface area contributed by atoms with Gasteiger partial charge in [0.1, 0.15) is 6.04 Å². The fourth-order valence-corrected chi connectivity index (χ4v) is 3.50. The fourth-order valence-electron chi connectivity index (χ4n) is 2.92. The molecule has 1 aliphatic rings. The van der Waals surface area contributed by atoms with Crippen LogP contribution in [0.25, 0.3) is 0 Å². The van der Waals surface area contributed by atoms with Gasteiger partial charge < -0.3 is 15.5 Å². The summed E-state index contributed by atoms with van der Waals surface area (Å²) in [4.78, 5) is 32.3. The van der Waals surface area contributed by atoms with E-state index in [1.807, 2.05) is 24.3 Å². The predicted octanol–water partition coefficient (Wildman–Crippen LogP) is 1.72. The van der Waals surface area contributed by atoms with E-state index in [2.05, 4.69) is 15.6 Å². The van der Waals surface area contributed by atoms with Crippen molar-refractivity contribution < 1.29 is 9.59 Å². The standard InChI is InChI=1S/C18H22N4O2S/c1-12(19-2)17(23)21-15-8-7-13-5-3-4-6-16(13)22(18(15)24)10-14-9-20-11-25-14/h3-6,9,11-12,15,19H,7-8,10H2,1-2H3,(H,21,23). The number of thiazole rings is 1. The minimum atomic E-state index is -0.524. The largest absolute Gasteiger partial charge is 0.343 e. The second-order valence-electron chi connectivity index (χ2n) is 6.13. The molecule has 2 N–H and O–H groups in total. The van der Waals surface area contributed by atoms with E-state index in [0.29, 0.717) is 13.0 Å². The number of hydrogen-bond donors (Lipinski definition) is 2. The lowest BCUT2D eigenvalue weighted by molar-refractivity contribution is -0.128. The van der Waals surface area contributed by atoms with Gasteiger partial charge in [-0.15, -0.1) is 11.3 Å². The highest BCUT2D eigenvalue weighted by atomic mass is 32.1. The van der Waals surface area contributed by atoms with Crippen LogP contribution in [0.4, 0.5) is 5.69 Å². The van der Waals surface area contributed by atoms with Crippen LogP contribution in [0, 0.1) is 0 Å². The number of hydrogen-bond acceptors (Lipinski definition) is 5. The van der Waals surface area contributed by atoms with E-state index in [0.717, 1.165) is 22.5 Å². The average molecular weight is 358 g/mol. The van der Waals surface area contributed by atoms with Gasteiger partial charge >= 0.3 is 0 Å². The molecular weight excluding hydrogens is 336 g/mol. The van der Waals surface area contributed by atoms with Gasteiger partial charge in [-0.3, -0.25) is 14.6 Å². The summed E-state index contributed by atoms with van der Waals surface area (Å²) < 4.78 is 0. The van der Waals surface area contributed by atoms with Crippen LogP contribution in [-0.4, -0.2) is 35.9 Å². The number of aromatic nitrogens is 1. The molecule has 1 aromatic carbocycles. The van der Waals surface area contributed by atoms with Gasteiger partial charge in [0.25, 0.3) is 0 Å². The molecule has 2 atom stereocenters. The number of para-hydroxylation sites is 1. The molecule has 6 nitrogen and oxygen atoms in total. The van der Waals surface area contributed by atoms with Gasteiger partial charge in [0.2, 0.25) is 11.8 Å². The van der Waals surface area contributed by atoms with Gasteiger partial charge in [0.05, 0.1) is 18.1 Å². The number of likely N-dealkylation sites (N-methyl/N-ethyl adjacent to an activating group) is 1. The zero-order chi connectivity index (χ0) is 17.8. The monoisotopic (exact) mass is 358 g/mol. The van der Waals surface area contributed by atoms with Crippen LogP contribution in [0.3, 0.4) is 0 Å². The SMILES string of the molecule is CNC(C)C(=O)NC1CCc2ccccc2N(Cc2cncs2)C1=O. The molecule has 2 amide bonds. The maximum Gasteiger partial charge on any atom is 0.249 e. The number of rotatable bonds is 5. The average Bonchev–Trinajstić information content (AvgIpc) is 3.11. The summed E-state index contributed by atoms with van der Waals surface area (Å²) in [6, 6.07) is 7.07. The lowest BCUT2D eigenvalue weighted by Gasteiger charge is -2.26. The Hall–Kier alpha value is -2.25. The summed E-state index contributed by atoms with van der Waals surface area (Å²) in [6.07, 6.45) is 3.12. The van der Waals surface area contributed by atoms with Gasteiger partial charge in [-0.05, 0) is 38.4 Å². The first kappa shape index (κ1) is 17.6. The Bertz CT molecular complexity index is 747. The molecule has 132 valence electrons. The van der Waals surface area contributed by atoms with Crippen LogP contribution in [0.2, 0.25) is 0 Å². The second kappa shape index (κ2) is 7.76. The van der Waals surface area contributed by atoms with Gasteiger partial charge in [0.15, 0.2) is 0 Å². The number of benzene rings is 1. The third-order valence-electron chi connectivity index (χ3n) is 4.49. The highest BCUT2D eigenvalue weighted by molar-refractivity contribution is 7.09. The summed E-state index contributed by atoms with van der Waals surface area (Å²) in [7, 11) is 1.73. The molecule has 0 saturated carbocycles. The van der Waals surface area contributed by atoms with Crippen molar-refractivity contribution in [3.05, 3.63) is 46.4 Å². The fraction of sp³-hybridized carbons (Fsp3) is 0.389. The number of carbonyl (C=O) groups is 2. The van der Waals surface area contributed by atoms with Gasteiger partial charge in [-0.1, -0.05) is 18.2 Å². The van der Waals surface area contributed by atoms with Crippen molar-refractivity contribution >= 4 is 28.8 Å². The molecule has 0 radical (unpaired) electrons. The summed E-state index contributed by atoms with van der Waals surface area (Å²) >= 11 is 1.52. The minimum absolute atomic E-state index is 0.0741. The number of nitrogens with zero attached hydrogens (tertiary/aromatic N) is 2. The Morgan fingerprint density at radius 2 is 2.24 bits per heavy atom. The van der Waals surface area contributed by atoms with E-state index in [1.165, 1.54) is 11.3 Å². The second-order valence-corrected chi connectivity index (χ2v) is 7.10. The molecule has 1 aromatic heterocycles. The molecular formula is C18H22N4O2S. The van der Waals surface area contributed by atoms with Crippen LogP contribution in [0.1, 0.15) is 23.8 Å². The van der Waals surface area contributed by atoms with Crippen molar-refractivity contribution in [1.29, 1.82) is 0 Å². The molecule has 0 fully saturated rings. The molecule has 0 aliphatic carbocycles. The molecule has 0 spiro atoms. The molecule has 3 rings (SSSR count). The van der Waals surface area contributed by atoms with Gasteiger partial charge in [0, 0.05) is 16.8 Å². The van der Waals surface area contributed by atoms with Crippen molar-refractivity contribution in [3.8, 4) is 0 Å². The summed E-state index contributed by atoms with van der Waals surface area (Å²) in [6.45, 7) is 2.24. The van der Waals surface area contributed by atoms with E-state index in [9.17, 15) is 9.59 Å². The number of amides is 2. The zero-order valence-corrected chi connectivity index (χ0v) is 15.2. The third-order valence-corrected chi connectivity index (χ3v) is 5.25. The van der Waals surface area contributed by atoms with Crippen LogP contribution in [0.5, 0.6) is 0 Å². The quantitative estimate of drug-likeness (QED) is 0.853.